The molecule has 0 radical (unpaired) electrons. The third-order valence-electron chi connectivity index (χ3n) is 2.94. The lowest BCUT2D eigenvalue weighted by Crippen LogP contribution is -2.07. The summed E-state index contributed by atoms with van der Waals surface area (Å²) in [6.45, 7) is 2.07. The predicted octanol–water partition coefficient (Wildman–Crippen LogP) is 3.91. The Balaban J connectivity index is 1.97. The van der Waals surface area contributed by atoms with E-state index in [1.54, 1.807) is 12.4 Å². The van der Waals surface area contributed by atoms with Crippen LogP contribution >= 0.6 is 23.3 Å². The van der Waals surface area contributed by atoms with Gasteiger partial charge in [-0.05, 0) is 36.8 Å². The average Bonchev–Trinajstić information content (AvgIpc) is 2.91. The molecule has 0 fully saturated rings. The van der Waals surface area contributed by atoms with Crippen LogP contribution in [0.3, 0.4) is 0 Å². The van der Waals surface area contributed by atoms with Crippen molar-refractivity contribution in [1.82, 2.24) is 13.7 Å². The van der Waals surface area contributed by atoms with Crippen LogP contribution in [-0.2, 0) is 0 Å². The summed E-state index contributed by atoms with van der Waals surface area (Å²) < 4.78 is 8.52. The fraction of sp³-hybridized carbons (Fsp3) is 0.154. The van der Waals surface area contributed by atoms with E-state index in [0.717, 1.165) is 22.3 Å². The minimum absolute atomic E-state index is 0.118. The maximum atomic E-state index is 6.25. The third kappa shape index (κ3) is 2.39. The first kappa shape index (κ1) is 12.3. The lowest BCUT2D eigenvalue weighted by atomic mass is 10.1. The average molecular weight is 291 g/mol. The zero-order valence-corrected chi connectivity index (χ0v) is 11.7. The summed E-state index contributed by atoms with van der Waals surface area (Å²) in [5, 5.41) is 4.05. The first-order chi connectivity index (χ1) is 9.25. The van der Waals surface area contributed by atoms with Crippen molar-refractivity contribution >= 4 is 40.0 Å². The number of nitrogens with zero attached hydrogens (tertiary/aromatic N) is 3. The van der Waals surface area contributed by atoms with E-state index >= 15 is 0 Å². The molecule has 0 aliphatic heterocycles. The van der Waals surface area contributed by atoms with Crippen LogP contribution < -0.4 is 5.32 Å². The van der Waals surface area contributed by atoms with Crippen LogP contribution in [0.1, 0.15) is 18.5 Å². The molecular weight excluding hydrogens is 280 g/mol. The van der Waals surface area contributed by atoms with Crippen molar-refractivity contribution in [2.24, 2.45) is 0 Å². The highest BCUT2D eigenvalue weighted by molar-refractivity contribution is 7.00. The second kappa shape index (κ2) is 5.11. The molecule has 0 bridgehead atoms. The number of hydrogen-bond donors (Lipinski definition) is 1. The van der Waals surface area contributed by atoms with Gasteiger partial charge in [0.05, 0.1) is 22.4 Å². The largest absolute Gasteiger partial charge is 0.375 e. The standard InChI is InChI=1S/C13H11ClN4S/c1-8(9-4-6-15-7-5-9)16-12-10(14)2-3-11-13(12)18-19-17-11/h2-8,16H,1H3. The zero-order valence-electron chi connectivity index (χ0n) is 10.2. The van der Waals surface area contributed by atoms with Crippen molar-refractivity contribution in [2.45, 2.75) is 13.0 Å². The normalized spacial score (nSPS) is 12.5. The first-order valence-corrected chi connectivity index (χ1v) is 6.94. The van der Waals surface area contributed by atoms with Gasteiger partial charge in [-0.1, -0.05) is 11.6 Å². The summed E-state index contributed by atoms with van der Waals surface area (Å²) in [5.41, 5.74) is 3.65. The van der Waals surface area contributed by atoms with Gasteiger partial charge in [0.2, 0.25) is 0 Å². The maximum Gasteiger partial charge on any atom is 0.129 e. The van der Waals surface area contributed by atoms with Crippen LogP contribution in [-0.4, -0.2) is 13.7 Å². The second-order valence-corrected chi connectivity index (χ2v) is 5.14. The quantitative estimate of drug-likeness (QED) is 0.794. The molecule has 0 spiro atoms. The van der Waals surface area contributed by atoms with Gasteiger partial charge in [-0.15, -0.1) is 0 Å². The maximum absolute atomic E-state index is 6.25. The Hall–Kier alpha value is -1.72. The number of rotatable bonds is 3. The lowest BCUT2D eigenvalue weighted by Gasteiger charge is -2.16. The molecule has 2 heterocycles. The molecule has 0 amide bonds. The molecular formula is C13H11ClN4S. The molecule has 4 nitrogen and oxygen atoms in total. The number of hydrogen-bond acceptors (Lipinski definition) is 5. The first-order valence-electron chi connectivity index (χ1n) is 5.83. The molecule has 6 heteroatoms. The Kier molecular flexibility index (Phi) is 3.31. The summed E-state index contributed by atoms with van der Waals surface area (Å²) >= 11 is 7.44. The summed E-state index contributed by atoms with van der Waals surface area (Å²) in [6, 6.07) is 7.79. The van der Waals surface area contributed by atoms with Gasteiger partial charge in [0, 0.05) is 18.4 Å². The van der Waals surface area contributed by atoms with Crippen LogP contribution in [0.2, 0.25) is 5.02 Å². The van der Waals surface area contributed by atoms with Crippen molar-refractivity contribution in [3.63, 3.8) is 0 Å². The molecule has 96 valence electrons. The van der Waals surface area contributed by atoms with Gasteiger partial charge >= 0.3 is 0 Å². The van der Waals surface area contributed by atoms with Crippen molar-refractivity contribution in [3.05, 3.63) is 47.2 Å². The molecule has 1 unspecified atom stereocenters. The number of aromatic nitrogens is 3. The van der Waals surface area contributed by atoms with E-state index in [9.17, 15) is 0 Å². The summed E-state index contributed by atoms with van der Waals surface area (Å²) in [6.07, 6.45) is 3.56. The Morgan fingerprint density at radius 3 is 2.74 bits per heavy atom. The van der Waals surface area contributed by atoms with Crippen LogP contribution in [0, 0.1) is 0 Å². The van der Waals surface area contributed by atoms with Gasteiger partial charge in [0.25, 0.3) is 0 Å². The number of benzene rings is 1. The molecule has 0 aliphatic carbocycles. The molecule has 0 saturated heterocycles. The predicted molar refractivity (Wildman–Crippen MR) is 78.7 cm³/mol. The van der Waals surface area contributed by atoms with Crippen LogP contribution in [0.15, 0.2) is 36.7 Å². The fourth-order valence-electron chi connectivity index (χ4n) is 1.92. The fourth-order valence-corrected chi connectivity index (χ4v) is 2.67. The van der Waals surface area contributed by atoms with E-state index in [1.165, 1.54) is 11.7 Å². The van der Waals surface area contributed by atoms with E-state index < -0.39 is 0 Å². The Morgan fingerprint density at radius 2 is 1.95 bits per heavy atom. The molecule has 2 aromatic heterocycles. The Labute approximate surface area is 119 Å². The molecule has 1 atom stereocenters. The van der Waals surface area contributed by atoms with Crippen LogP contribution in [0.5, 0.6) is 0 Å². The molecule has 3 aromatic rings. The van der Waals surface area contributed by atoms with Crippen molar-refractivity contribution in [3.8, 4) is 0 Å². The molecule has 1 N–H and O–H groups in total. The number of fused-ring (bicyclic) bond motifs is 1. The van der Waals surface area contributed by atoms with Gasteiger partial charge in [-0.2, -0.15) is 8.75 Å². The monoisotopic (exact) mass is 290 g/mol. The van der Waals surface area contributed by atoms with E-state index in [0.29, 0.717) is 5.02 Å². The topological polar surface area (TPSA) is 50.7 Å². The Morgan fingerprint density at radius 1 is 1.16 bits per heavy atom. The van der Waals surface area contributed by atoms with Gasteiger partial charge in [-0.3, -0.25) is 4.98 Å². The van der Waals surface area contributed by atoms with Crippen molar-refractivity contribution < 1.29 is 0 Å². The third-order valence-corrected chi connectivity index (χ3v) is 3.80. The Bertz CT molecular complexity index is 698. The molecule has 1 aromatic carbocycles. The van der Waals surface area contributed by atoms with E-state index in [4.69, 9.17) is 11.6 Å². The minimum atomic E-state index is 0.118. The number of pyridine rings is 1. The van der Waals surface area contributed by atoms with Crippen molar-refractivity contribution in [1.29, 1.82) is 0 Å². The smallest absolute Gasteiger partial charge is 0.129 e. The molecule has 19 heavy (non-hydrogen) atoms. The SMILES string of the molecule is CC(Nc1c(Cl)ccc2nsnc12)c1ccncc1. The van der Waals surface area contributed by atoms with Gasteiger partial charge in [0.15, 0.2) is 0 Å². The number of anilines is 1. The highest BCUT2D eigenvalue weighted by Gasteiger charge is 2.13. The molecule has 3 rings (SSSR count). The summed E-state index contributed by atoms with van der Waals surface area (Å²) in [5.74, 6) is 0. The van der Waals surface area contributed by atoms with E-state index in [2.05, 4.69) is 26.0 Å². The minimum Gasteiger partial charge on any atom is -0.375 e. The van der Waals surface area contributed by atoms with E-state index in [-0.39, 0.29) is 6.04 Å². The van der Waals surface area contributed by atoms with Gasteiger partial charge < -0.3 is 5.32 Å². The summed E-state index contributed by atoms with van der Waals surface area (Å²) in [7, 11) is 0. The zero-order chi connectivity index (χ0) is 13.2. The lowest BCUT2D eigenvalue weighted by molar-refractivity contribution is 0.882. The van der Waals surface area contributed by atoms with Gasteiger partial charge in [-0.25, -0.2) is 0 Å². The van der Waals surface area contributed by atoms with Gasteiger partial charge in [0.1, 0.15) is 11.0 Å². The summed E-state index contributed by atoms with van der Waals surface area (Å²) in [4.78, 5) is 4.02. The highest BCUT2D eigenvalue weighted by atomic mass is 35.5. The number of nitrogens with one attached hydrogen (secondary N) is 1. The highest BCUT2D eigenvalue weighted by Crippen LogP contribution is 2.32. The van der Waals surface area contributed by atoms with E-state index in [1.807, 2.05) is 24.3 Å². The number of halogens is 1. The molecule has 0 aliphatic rings. The van der Waals surface area contributed by atoms with Crippen LogP contribution in [0.4, 0.5) is 5.69 Å². The van der Waals surface area contributed by atoms with Crippen molar-refractivity contribution in [2.75, 3.05) is 5.32 Å². The molecule has 0 saturated carbocycles. The second-order valence-electron chi connectivity index (χ2n) is 4.20. The van der Waals surface area contributed by atoms with Crippen LogP contribution in [0.25, 0.3) is 11.0 Å².